The van der Waals surface area contributed by atoms with Gasteiger partial charge in [-0.1, -0.05) is 40.6 Å². The zero-order valence-corrected chi connectivity index (χ0v) is 19.6. The van der Waals surface area contributed by atoms with E-state index >= 15 is 0 Å². The summed E-state index contributed by atoms with van der Waals surface area (Å²) in [5.74, 6) is -0.0703. The van der Waals surface area contributed by atoms with E-state index < -0.39 is 6.03 Å². The molecule has 7 nitrogen and oxygen atoms in total. The molecule has 0 unspecified atom stereocenters. The van der Waals surface area contributed by atoms with Crippen LogP contribution in [0.4, 0.5) is 21.3 Å². The molecule has 0 aliphatic carbocycles. The fraction of sp³-hybridized carbons (Fsp3) is 0.227. The number of nitrogens with zero attached hydrogens (tertiary/aromatic N) is 3. The summed E-state index contributed by atoms with van der Waals surface area (Å²) in [4.78, 5) is 34.3. The molecule has 2 N–H and O–H groups in total. The summed E-state index contributed by atoms with van der Waals surface area (Å²) in [6, 6.07) is 14.1. The number of aryl methyl sites for hydroxylation is 1. The fourth-order valence-electron chi connectivity index (χ4n) is 3.44. The van der Waals surface area contributed by atoms with E-state index in [1.54, 1.807) is 31.2 Å². The van der Waals surface area contributed by atoms with Crippen LogP contribution in [0.5, 0.6) is 0 Å². The van der Waals surface area contributed by atoms with Gasteiger partial charge in [-0.3, -0.25) is 10.1 Å². The van der Waals surface area contributed by atoms with Crippen molar-refractivity contribution in [1.82, 2.24) is 9.88 Å². The van der Waals surface area contributed by atoms with Crippen LogP contribution >= 0.6 is 34.5 Å². The van der Waals surface area contributed by atoms with Gasteiger partial charge in [0.2, 0.25) is 0 Å². The first-order valence-electron chi connectivity index (χ1n) is 10.00. The number of hydrogen-bond donors (Lipinski definition) is 2. The number of thiazole rings is 1. The molecule has 166 valence electrons. The number of rotatable bonds is 4. The average molecular weight is 490 g/mol. The van der Waals surface area contributed by atoms with Gasteiger partial charge in [0.25, 0.3) is 5.91 Å². The summed E-state index contributed by atoms with van der Waals surface area (Å²) >= 11 is 13.1. The largest absolute Gasteiger partial charge is 0.368 e. The number of halogens is 2. The van der Waals surface area contributed by atoms with Crippen molar-refractivity contribution in [3.8, 4) is 0 Å². The molecule has 32 heavy (non-hydrogen) atoms. The minimum absolute atomic E-state index is 0.0703. The summed E-state index contributed by atoms with van der Waals surface area (Å²) in [5.41, 5.74) is 2.25. The lowest BCUT2D eigenvalue weighted by Gasteiger charge is -2.36. The Morgan fingerprint density at radius 3 is 2.38 bits per heavy atom. The lowest BCUT2D eigenvalue weighted by molar-refractivity contribution is 0.0750. The van der Waals surface area contributed by atoms with Crippen LogP contribution in [0.1, 0.15) is 15.4 Å². The Labute approximate surface area is 200 Å². The average Bonchev–Trinajstić information content (AvgIpc) is 3.13. The van der Waals surface area contributed by atoms with Crippen LogP contribution in [-0.4, -0.2) is 48.0 Å². The second kappa shape index (κ2) is 9.77. The second-order valence-electron chi connectivity index (χ2n) is 7.28. The molecule has 1 saturated heterocycles. The van der Waals surface area contributed by atoms with Crippen molar-refractivity contribution in [2.75, 3.05) is 41.7 Å². The number of carbonyl (C=O) groups is 2. The van der Waals surface area contributed by atoms with Crippen molar-refractivity contribution in [2.45, 2.75) is 6.92 Å². The molecule has 3 amide bonds. The maximum atomic E-state index is 13.1. The van der Waals surface area contributed by atoms with E-state index in [2.05, 4.69) is 20.5 Å². The SMILES string of the molecule is Cc1nc(NC(=O)Nc2cccc(Cl)c2)sc1C(=O)N1CCN(c2ccc(Cl)cc2)CC1. The van der Waals surface area contributed by atoms with E-state index in [0.717, 1.165) is 18.8 Å². The third-order valence-corrected chi connectivity index (χ3v) is 6.60. The number of hydrogen-bond acceptors (Lipinski definition) is 5. The van der Waals surface area contributed by atoms with Crippen molar-refractivity contribution < 1.29 is 9.59 Å². The molecule has 0 bridgehead atoms. The first kappa shape index (κ1) is 22.4. The molecule has 4 rings (SSSR count). The summed E-state index contributed by atoms with van der Waals surface area (Å²) < 4.78 is 0. The molecule has 0 atom stereocenters. The van der Waals surface area contributed by atoms with Gasteiger partial charge >= 0.3 is 6.03 Å². The van der Waals surface area contributed by atoms with Crippen LogP contribution in [0, 0.1) is 6.92 Å². The molecular weight excluding hydrogens is 469 g/mol. The van der Waals surface area contributed by atoms with Crippen molar-refractivity contribution in [2.24, 2.45) is 0 Å². The van der Waals surface area contributed by atoms with E-state index in [1.165, 1.54) is 11.3 Å². The second-order valence-corrected chi connectivity index (χ2v) is 9.15. The van der Waals surface area contributed by atoms with Gasteiger partial charge in [0.15, 0.2) is 5.13 Å². The molecule has 1 fully saturated rings. The highest BCUT2D eigenvalue weighted by atomic mass is 35.5. The highest BCUT2D eigenvalue weighted by molar-refractivity contribution is 7.17. The minimum Gasteiger partial charge on any atom is -0.368 e. The molecule has 1 aromatic heterocycles. The number of amides is 3. The molecule has 0 radical (unpaired) electrons. The highest BCUT2D eigenvalue weighted by Gasteiger charge is 2.26. The summed E-state index contributed by atoms with van der Waals surface area (Å²) in [6.07, 6.45) is 0. The molecule has 1 aliphatic rings. The molecule has 0 saturated carbocycles. The molecule has 10 heteroatoms. The topological polar surface area (TPSA) is 77.6 Å². The first-order valence-corrected chi connectivity index (χ1v) is 11.6. The third-order valence-electron chi connectivity index (χ3n) is 5.05. The third kappa shape index (κ3) is 5.32. The summed E-state index contributed by atoms with van der Waals surface area (Å²) in [7, 11) is 0. The van der Waals surface area contributed by atoms with E-state index in [0.29, 0.717) is 44.5 Å². The molecule has 1 aliphatic heterocycles. The van der Waals surface area contributed by atoms with Crippen LogP contribution in [0.15, 0.2) is 48.5 Å². The zero-order chi connectivity index (χ0) is 22.7. The Balaban J connectivity index is 1.35. The number of carbonyl (C=O) groups excluding carboxylic acids is 2. The minimum atomic E-state index is -0.448. The van der Waals surface area contributed by atoms with Gasteiger partial charge in [0.1, 0.15) is 4.88 Å². The maximum Gasteiger partial charge on any atom is 0.325 e. The number of nitrogens with one attached hydrogen (secondary N) is 2. The maximum absolute atomic E-state index is 13.1. The zero-order valence-electron chi connectivity index (χ0n) is 17.3. The number of benzene rings is 2. The van der Waals surface area contributed by atoms with Crippen LogP contribution < -0.4 is 15.5 Å². The van der Waals surface area contributed by atoms with Crippen LogP contribution in [-0.2, 0) is 0 Å². The summed E-state index contributed by atoms with van der Waals surface area (Å²) in [6.45, 7) is 4.46. The first-order chi connectivity index (χ1) is 15.4. The standard InChI is InChI=1S/C22H21Cl2N5O2S/c1-14-19(32-22(25-14)27-21(31)26-17-4-2-3-16(24)13-17)20(30)29-11-9-28(10-12-29)18-7-5-15(23)6-8-18/h2-8,13H,9-12H2,1H3,(H2,25,26,27,31). The van der Waals surface area contributed by atoms with Gasteiger partial charge in [0, 0.05) is 47.6 Å². The predicted octanol–water partition coefficient (Wildman–Crippen LogP) is 5.36. The molecule has 0 spiro atoms. The lowest BCUT2D eigenvalue weighted by Crippen LogP contribution is -2.48. The van der Waals surface area contributed by atoms with Crippen molar-refractivity contribution >= 4 is 63.0 Å². The number of aromatic nitrogens is 1. The van der Waals surface area contributed by atoms with E-state index in [9.17, 15) is 9.59 Å². The van der Waals surface area contributed by atoms with E-state index in [-0.39, 0.29) is 5.91 Å². The van der Waals surface area contributed by atoms with Gasteiger partial charge in [-0.05, 0) is 49.4 Å². The fourth-order valence-corrected chi connectivity index (χ4v) is 4.68. The number of anilines is 3. The van der Waals surface area contributed by atoms with Crippen LogP contribution in [0.25, 0.3) is 0 Å². The van der Waals surface area contributed by atoms with Crippen molar-refractivity contribution in [1.29, 1.82) is 0 Å². The van der Waals surface area contributed by atoms with Crippen LogP contribution in [0.2, 0.25) is 10.0 Å². The molecule has 2 heterocycles. The predicted molar refractivity (Wildman–Crippen MR) is 131 cm³/mol. The Kier molecular flexibility index (Phi) is 6.83. The normalized spacial score (nSPS) is 13.7. The monoisotopic (exact) mass is 489 g/mol. The van der Waals surface area contributed by atoms with Gasteiger partial charge < -0.3 is 15.1 Å². The van der Waals surface area contributed by atoms with Gasteiger partial charge in [-0.15, -0.1) is 0 Å². The Hall–Kier alpha value is -2.81. The Morgan fingerprint density at radius 2 is 1.69 bits per heavy atom. The van der Waals surface area contributed by atoms with Crippen molar-refractivity contribution in [3.63, 3.8) is 0 Å². The van der Waals surface area contributed by atoms with Gasteiger partial charge in [0.05, 0.1) is 5.69 Å². The van der Waals surface area contributed by atoms with Gasteiger partial charge in [-0.25, -0.2) is 9.78 Å². The van der Waals surface area contributed by atoms with Crippen LogP contribution in [0.3, 0.4) is 0 Å². The Morgan fingerprint density at radius 1 is 0.969 bits per heavy atom. The number of urea groups is 1. The molecular formula is C22H21Cl2N5O2S. The van der Waals surface area contributed by atoms with Crippen molar-refractivity contribution in [3.05, 3.63) is 69.1 Å². The smallest absolute Gasteiger partial charge is 0.325 e. The van der Waals surface area contributed by atoms with E-state index in [4.69, 9.17) is 23.2 Å². The molecule has 3 aromatic rings. The highest BCUT2D eigenvalue weighted by Crippen LogP contribution is 2.26. The van der Waals surface area contributed by atoms with Gasteiger partial charge in [-0.2, -0.15) is 0 Å². The summed E-state index contributed by atoms with van der Waals surface area (Å²) in [5, 5.41) is 6.98. The van der Waals surface area contributed by atoms with E-state index in [1.807, 2.05) is 29.2 Å². The lowest BCUT2D eigenvalue weighted by atomic mass is 10.2. The Bertz CT molecular complexity index is 1130. The number of piperazine rings is 1. The quantitative estimate of drug-likeness (QED) is 0.516. The molecule has 2 aromatic carbocycles.